The average Bonchev–Trinajstić information content (AvgIpc) is 3.39. The lowest BCUT2D eigenvalue weighted by atomic mass is 10.1. The molecule has 8 heteroatoms. The molecule has 0 spiro atoms. The molecular weight excluding hydrogens is 382 g/mol. The van der Waals surface area contributed by atoms with Crippen molar-refractivity contribution >= 4 is 34.9 Å². The Morgan fingerprint density at radius 2 is 2.07 bits per heavy atom. The fourth-order valence-corrected chi connectivity index (χ4v) is 4.32. The summed E-state index contributed by atoms with van der Waals surface area (Å²) in [5.41, 5.74) is 0. The monoisotopic (exact) mass is 407 g/mol. The Labute approximate surface area is 167 Å². The van der Waals surface area contributed by atoms with Gasteiger partial charge >= 0.3 is 0 Å². The molecule has 1 N–H and O–H groups in total. The van der Waals surface area contributed by atoms with Crippen LogP contribution in [0.15, 0.2) is 40.3 Å². The van der Waals surface area contributed by atoms with Gasteiger partial charge in [-0.2, -0.15) is 11.8 Å². The van der Waals surface area contributed by atoms with Crippen molar-refractivity contribution in [2.24, 2.45) is 0 Å². The number of carbonyl (C=O) groups is 2. The Hall–Kier alpha value is -1.77. The summed E-state index contributed by atoms with van der Waals surface area (Å²) in [6.45, 7) is 4.02. The minimum atomic E-state index is -0.515. The van der Waals surface area contributed by atoms with Gasteiger partial charge in [-0.15, -0.1) is 11.3 Å². The highest BCUT2D eigenvalue weighted by Gasteiger charge is 2.29. The Morgan fingerprint density at radius 1 is 1.26 bits per heavy atom. The molecule has 0 aliphatic carbocycles. The molecule has 1 saturated heterocycles. The largest absolute Gasteiger partial charge is 0.459 e. The van der Waals surface area contributed by atoms with E-state index in [1.54, 1.807) is 35.2 Å². The fraction of sp³-hybridized carbons (Fsp3) is 0.474. The average molecular weight is 408 g/mol. The van der Waals surface area contributed by atoms with Crippen molar-refractivity contribution in [2.45, 2.75) is 19.0 Å². The third-order valence-corrected chi connectivity index (χ3v) is 6.11. The van der Waals surface area contributed by atoms with Crippen LogP contribution in [0, 0.1) is 0 Å². The Kier molecular flexibility index (Phi) is 7.37. The molecule has 146 valence electrons. The normalized spacial score (nSPS) is 16.3. The first-order chi connectivity index (χ1) is 13.2. The van der Waals surface area contributed by atoms with Gasteiger partial charge in [-0.3, -0.25) is 14.5 Å². The molecule has 1 fully saturated rings. The van der Waals surface area contributed by atoms with E-state index in [0.717, 1.165) is 25.4 Å². The summed E-state index contributed by atoms with van der Waals surface area (Å²) < 4.78 is 5.14. The van der Waals surface area contributed by atoms with E-state index in [1.807, 2.05) is 11.2 Å². The van der Waals surface area contributed by atoms with Gasteiger partial charge in [-0.25, -0.2) is 0 Å². The number of nitrogens with zero attached hydrogens (tertiary/aromatic N) is 2. The third kappa shape index (κ3) is 5.60. The van der Waals surface area contributed by atoms with Crippen molar-refractivity contribution in [3.63, 3.8) is 0 Å². The quantitative estimate of drug-likeness (QED) is 0.728. The predicted octanol–water partition coefficient (Wildman–Crippen LogP) is 2.54. The van der Waals surface area contributed by atoms with Gasteiger partial charge in [0.15, 0.2) is 5.76 Å². The van der Waals surface area contributed by atoms with Crippen LogP contribution in [0.5, 0.6) is 0 Å². The highest BCUT2D eigenvalue weighted by atomic mass is 32.2. The SMILES string of the molecule is CSCCC(NC(=O)c1ccco1)C(=O)N1CCN(Cc2cccs2)CC1. The maximum Gasteiger partial charge on any atom is 0.287 e. The number of hydrogen-bond acceptors (Lipinski definition) is 6. The number of thiophene rings is 1. The zero-order valence-electron chi connectivity index (χ0n) is 15.4. The molecule has 1 atom stereocenters. The molecule has 0 saturated carbocycles. The molecule has 3 rings (SSSR count). The minimum absolute atomic E-state index is 0.000250. The lowest BCUT2D eigenvalue weighted by Gasteiger charge is -2.36. The first-order valence-electron chi connectivity index (χ1n) is 9.04. The zero-order valence-corrected chi connectivity index (χ0v) is 17.1. The van der Waals surface area contributed by atoms with Gasteiger partial charge in [0.2, 0.25) is 5.91 Å². The van der Waals surface area contributed by atoms with E-state index in [0.29, 0.717) is 19.5 Å². The predicted molar refractivity (Wildman–Crippen MR) is 109 cm³/mol. The summed E-state index contributed by atoms with van der Waals surface area (Å²) in [5, 5.41) is 4.94. The molecule has 1 unspecified atom stereocenters. The molecular formula is C19H25N3O3S2. The van der Waals surface area contributed by atoms with Gasteiger partial charge in [-0.1, -0.05) is 6.07 Å². The summed E-state index contributed by atoms with van der Waals surface area (Å²) in [6.07, 6.45) is 4.07. The molecule has 6 nitrogen and oxygen atoms in total. The van der Waals surface area contributed by atoms with Gasteiger partial charge in [0, 0.05) is 37.6 Å². The molecule has 3 heterocycles. The molecule has 0 bridgehead atoms. The molecule has 0 aromatic carbocycles. The lowest BCUT2D eigenvalue weighted by Crippen LogP contribution is -2.54. The highest BCUT2D eigenvalue weighted by Crippen LogP contribution is 2.15. The van der Waals surface area contributed by atoms with Gasteiger partial charge in [-0.05, 0) is 42.0 Å². The Bertz CT molecular complexity index is 711. The van der Waals surface area contributed by atoms with E-state index >= 15 is 0 Å². The molecule has 2 aromatic rings. The number of rotatable bonds is 8. The second-order valence-corrected chi connectivity index (χ2v) is 8.48. The zero-order chi connectivity index (χ0) is 19.1. The van der Waals surface area contributed by atoms with Crippen molar-refractivity contribution in [3.8, 4) is 0 Å². The number of hydrogen-bond donors (Lipinski definition) is 1. The van der Waals surface area contributed by atoms with Crippen molar-refractivity contribution in [1.29, 1.82) is 0 Å². The van der Waals surface area contributed by atoms with Gasteiger partial charge in [0.05, 0.1) is 6.26 Å². The summed E-state index contributed by atoms with van der Waals surface area (Å²) in [5.74, 6) is 0.709. The van der Waals surface area contributed by atoms with E-state index in [1.165, 1.54) is 11.1 Å². The number of furan rings is 1. The maximum atomic E-state index is 13.0. The Morgan fingerprint density at radius 3 is 2.70 bits per heavy atom. The third-order valence-electron chi connectivity index (χ3n) is 4.60. The summed E-state index contributed by atoms with van der Waals surface area (Å²) in [6, 6.07) is 6.97. The van der Waals surface area contributed by atoms with Gasteiger partial charge < -0.3 is 14.6 Å². The van der Waals surface area contributed by atoms with Crippen molar-refractivity contribution in [3.05, 3.63) is 46.5 Å². The van der Waals surface area contributed by atoms with Gasteiger partial charge in [0.25, 0.3) is 5.91 Å². The van der Waals surface area contributed by atoms with Crippen molar-refractivity contribution in [2.75, 3.05) is 38.2 Å². The number of piperazine rings is 1. The first kappa shape index (κ1) is 20.0. The number of amides is 2. The topological polar surface area (TPSA) is 65.8 Å². The van der Waals surface area contributed by atoms with Crippen LogP contribution in [0.2, 0.25) is 0 Å². The number of nitrogens with one attached hydrogen (secondary N) is 1. The van der Waals surface area contributed by atoms with Crippen LogP contribution < -0.4 is 5.32 Å². The van der Waals surface area contributed by atoms with E-state index in [9.17, 15) is 9.59 Å². The molecule has 2 amide bonds. The van der Waals surface area contributed by atoms with Crippen LogP contribution in [0.1, 0.15) is 21.9 Å². The van der Waals surface area contributed by atoms with Crippen molar-refractivity contribution < 1.29 is 14.0 Å². The highest BCUT2D eigenvalue weighted by molar-refractivity contribution is 7.98. The summed E-state index contributed by atoms with van der Waals surface area (Å²) in [7, 11) is 0. The van der Waals surface area contributed by atoms with E-state index in [-0.39, 0.29) is 17.6 Å². The minimum Gasteiger partial charge on any atom is -0.459 e. The van der Waals surface area contributed by atoms with E-state index in [4.69, 9.17) is 4.42 Å². The van der Waals surface area contributed by atoms with Gasteiger partial charge in [0.1, 0.15) is 6.04 Å². The number of thioether (sulfide) groups is 1. The molecule has 1 aliphatic rings. The Balaban J connectivity index is 1.54. The van der Waals surface area contributed by atoms with Crippen molar-refractivity contribution in [1.82, 2.24) is 15.1 Å². The van der Waals surface area contributed by atoms with Crippen LogP contribution in [0.4, 0.5) is 0 Å². The van der Waals surface area contributed by atoms with Crippen LogP contribution in [-0.2, 0) is 11.3 Å². The molecule has 2 aromatic heterocycles. The molecule has 1 aliphatic heterocycles. The second kappa shape index (κ2) is 9.96. The standard InChI is InChI=1S/C19H25N3O3S2/c1-26-13-6-16(20-18(23)17-5-2-11-25-17)19(24)22-9-7-21(8-10-22)14-15-4-3-12-27-15/h2-5,11-12,16H,6-10,13-14H2,1H3,(H,20,23). The maximum absolute atomic E-state index is 13.0. The smallest absolute Gasteiger partial charge is 0.287 e. The fourth-order valence-electron chi connectivity index (χ4n) is 3.10. The summed E-state index contributed by atoms with van der Waals surface area (Å²) in [4.78, 5) is 30.9. The second-order valence-electron chi connectivity index (χ2n) is 6.47. The van der Waals surface area contributed by atoms with Crippen LogP contribution >= 0.6 is 23.1 Å². The van der Waals surface area contributed by atoms with Crippen LogP contribution in [0.25, 0.3) is 0 Å². The summed E-state index contributed by atoms with van der Waals surface area (Å²) >= 11 is 3.43. The van der Waals surface area contributed by atoms with E-state index < -0.39 is 6.04 Å². The lowest BCUT2D eigenvalue weighted by molar-refractivity contribution is -0.135. The van der Waals surface area contributed by atoms with Crippen LogP contribution in [-0.4, -0.2) is 65.8 Å². The number of carbonyl (C=O) groups excluding carboxylic acids is 2. The van der Waals surface area contributed by atoms with Crippen LogP contribution in [0.3, 0.4) is 0 Å². The van der Waals surface area contributed by atoms with E-state index in [2.05, 4.69) is 27.7 Å². The first-order valence-corrected chi connectivity index (χ1v) is 11.3. The molecule has 0 radical (unpaired) electrons. The molecule has 27 heavy (non-hydrogen) atoms.